The minimum Gasteiger partial charge on any atom is -0.489 e. The number of halogens is 1. The molecule has 0 aliphatic carbocycles. The number of hydrogen-bond acceptors (Lipinski definition) is 3. The van der Waals surface area contributed by atoms with Gasteiger partial charge in [-0.2, -0.15) is 0 Å². The second-order valence-corrected chi connectivity index (χ2v) is 7.20. The monoisotopic (exact) mass is 428 g/mol. The van der Waals surface area contributed by atoms with E-state index in [0.717, 1.165) is 34.3 Å². The van der Waals surface area contributed by atoms with E-state index in [1.165, 1.54) is 0 Å². The van der Waals surface area contributed by atoms with Crippen LogP contribution in [0.15, 0.2) is 59.3 Å². The van der Waals surface area contributed by atoms with Crippen molar-refractivity contribution in [3.63, 3.8) is 0 Å². The van der Waals surface area contributed by atoms with Gasteiger partial charge in [0.15, 0.2) is 0 Å². The largest absolute Gasteiger partial charge is 0.489 e. The maximum atomic E-state index is 11.4. The number of aromatic nitrogens is 2. The highest BCUT2D eigenvalue weighted by molar-refractivity contribution is 9.10. The lowest BCUT2D eigenvalue weighted by molar-refractivity contribution is 0.0696. The van der Waals surface area contributed by atoms with Crippen molar-refractivity contribution in [1.29, 1.82) is 0 Å². The van der Waals surface area contributed by atoms with Crippen molar-refractivity contribution in [3.05, 3.63) is 81.8 Å². The Kier molecular flexibility index (Phi) is 6.29. The van der Waals surface area contributed by atoms with E-state index in [0.29, 0.717) is 12.4 Å². The Morgan fingerprint density at radius 3 is 2.67 bits per heavy atom. The van der Waals surface area contributed by atoms with Gasteiger partial charge in [-0.1, -0.05) is 47.5 Å². The molecule has 0 fully saturated rings. The van der Waals surface area contributed by atoms with Crippen molar-refractivity contribution in [2.45, 2.75) is 32.3 Å². The topological polar surface area (TPSA) is 75.2 Å². The molecular formula is C21H21BrN2O3. The maximum Gasteiger partial charge on any atom is 0.335 e. The second-order valence-electron chi connectivity index (χ2n) is 6.29. The van der Waals surface area contributed by atoms with Gasteiger partial charge in [0.25, 0.3) is 0 Å². The molecule has 0 saturated carbocycles. The molecule has 1 unspecified atom stereocenters. The fraction of sp³-hybridized carbons (Fsp3) is 0.238. The lowest BCUT2D eigenvalue weighted by Gasteiger charge is -2.19. The van der Waals surface area contributed by atoms with Gasteiger partial charge in [-0.25, -0.2) is 9.78 Å². The minimum absolute atomic E-state index is 0.0211. The van der Waals surface area contributed by atoms with Gasteiger partial charge in [0, 0.05) is 28.3 Å². The first-order chi connectivity index (χ1) is 13.1. The molecule has 5 nitrogen and oxygen atoms in total. The molecule has 0 radical (unpaired) electrons. The Labute approximate surface area is 166 Å². The molecule has 1 atom stereocenters. The van der Waals surface area contributed by atoms with E-state index in [-0.39, 0.29) is 11.5 Å². The minimum atomic E-state index is -0.972. The molecule has 1 aromatic heterocycles. The van der Waals surface area contributed by atoms with Crippen molar-refractivity contribution in [2.24, 2.45) is 0 Å². The molecule has 3 rings (SSSR count). The fourth-order valence-corrected chi connectivity index (χ4v) is 3.28. The number of carbonyl (C=O) groups is 1. The van der Waals surface area contributed by atoms with Gasteiger partial charge < -0.3 is 14.8 Å². The quantitative estimate of drug-likeness (QED) is 0.504. The Balaban J connectivity index is 1.94. The van der Waals surface area contributed by atoms with Gasteiger partial charge >= 0.3 is 5.97 Å². The third-order valence-corrected chi connectivity index (χ3v) is 4.90. The summed E-state index contributed by atoms with van der Waals surface area (Å²) in [6, 6.07) is 12.9. The highest BCUT2D eigenvalue weighted by Crippen LogP contribution is 2.35. The Morgan fingerprint density at radius 1 is 1.26 bits per heavy atom. The summed E-state index contributed by atoms with van der Waals surface area (Å²) in [4.78, 5) is 19.0. The molecule has 0 aliphatic rings. The van der Waals surface area contributed by atoms with E-state index < -0.39 is 5.97 Å². The van der Waals surface area contributed by atoms with E-state index in [2.05, 4.69) is 32.8 Å². The van der Waals surface area contributed by atoms with Crippen LogP contribution >= 0.6 is 15.9 Å². The molecule has 6 heteroatoms. The predicted molar refractivity (Wildman–Crippen MR) is 107 cm³/mol. The highest BCUT2D eigenvalue weighted by Gasteiger charge is 2.21. The molecule has 0 saturated heterocycles. The molecule has 2 aromatic carbocycles. The molecule has 0 aliphatic heterocycles. The van der Waals surface area contributed by atoms with Gasteiger partial charge in [-0.15, -0.1) is 0 Å². The van der Waals surface area contributed by atoms with Crippen LogP contribution in [0.2, 0.25) is 0 Å². The molecule has 2 N–H and O–H groups in total. The first kappa shape index (κ1) is 19.2. The standard InChI is InChI=1S/C21H21BrN2O3/c1-2-3-18(20-23-10-11-24-20)17-9-6-15(21(25)26)12-19(17)27-13-14-4-7-16(22)8-5-14/h4-12,18H,2-3,13H2,1H3,(H,23,24)(H,25,26). The average molecular weight is 429 g/mol. The van der Waals surface area contributed by atoms with Gasteiger partial charge in [-0.3, -0.25) is 0 Å². The Hall–Kier alpha value is -2.60. The molecule has 0 bridgehead atoms. The fourth-order valence-electron chi connectivity index (χ4n) is 3.02. The van der Waals surface area contributed by atoms with Crippen LogP contribution in [0, 0.1) is 0 Å². The summed E-state index contributed by atoms with van der Waals surface area (Å²) < 4.78 is 7.06. The van der Waals surface area contributed by atoms with E-state index in [4.69, 9.17) is 4.74 Å². The number of ether oxygens (including phenoxy) is 1. The number of rotatable bonds is 8. The summed E-state index contributed by atoms with van der Waals surface area (Å²) in [5.41, 5.74) is 2.16. The van der Waals surface area contributed by atoms with Crippen LogP contribution in [0.3, 0.4) is 0 Å². The van der Waals surface area contributed by atoms with Gasteiger partial charge in [-0.05, 0) is 36.2 Å². The molecule has 1 heterocycles. The highest BCUT2D eigenvalue weighted by atomic mass is 79.9. The van der Waals surface area contributed by atoms with Gasteiger partial charge in [0.2, 0.25) is 0 Å². The van der Waals surface area contributed by atoms with E-state index in [1.54, 1.807) is 24.5 Å². The molecular weight excluding hydrogens is 408 g/mol. The van der Waals surface area contributed by atoms with Crippen LogP contribution in [-0.4, -0.2) is 21.0 Å². The summed E-state index contributed by atoms with van der Waals surface area (Å²) in [5, 5.41) is 9.36. The SMILES string of the molecule is CCCC(c1ncc[nH]1)c1ccc(C(=O)O)cc1OCc1ccc(Br)cc1. The van der Waals surface area contributed by atoms with Crippen molar-refractivity contribution in [1.82, 2.24) is 9.97 Å². The maximum absolute atomic E-state index is 11.4. The molecule has 27 heavy (non-hydrogen) atoms. The number of carboxylic acids is 1. The van der Waals surface area contributed by atoms with Crippen LogP contribution in [-0.2, 0) is 6.61 Å². The smallest absolute Gasteiger partial charge is 0.335 e. The Bertz CT molecular complexity index is 892. The third-order valence-electron chi connectivity index (χ3n) is 4.37. The van der Waals surface area contributed by atoms with E-state index >= 15 is 0 Å². The van der Waals surface area contributed by atoms with Crippen molar-refractivity contribution < 1.29 is 14.6 Å². The van der Waals surface area contributed by atoms with Gasteiger partial charge in [0.1, 0.15) is 18.2 Å². The van der Waals surface area contributed by atoms with Crippen molar-refractivity contribution >= 4 is 21.9 Å². The number of imidazole rings is 1. The summed E-state index contributed by atoms with van der Waals surface area (Å²) in [6.07, 6.45) is 5.38. The number of nitrogens with zero attached hydrogens (tertiary/aromatic N) is 1. The average Bonchev–Trinajstić information content (AvgIpc) is 3.20. The summed E-state index contributed by atoms with van der Waals surface area (Å²) in [7, 11) is 0. The number of aromatic carboxylic acids is 1. The van der Waals surface area contributed by atoms with Crippen LogP contribution in [0.4, 0.5) is 0 Å². The molecule has 0 amide bonds. The summed E-state index contributed by atoms with van der Waals surface area (Å²) in [5.74, 6) is 0.480. The zero-order valence-electron chi connectivity index (χ0n) is 15.0. The molecule has 3 aromatic rings. The molecule has 140 valence electrons. The predicted octanol–water partition coefficient (Wildman–Crippen LogP) is 5.38. The number of benzene rings is 2. The summed E-state index contributed by atoms with van der Waals surface area (Å²) >= 11 is 3.42. The van der Waals surface area contributed by atoms with Crippen LogP contribution in [0.25, 0.3) is 0 Å². The zero-order chi connectivity index (χ0) is 19.2. The number of carboxylic acid groups (broad SMARTS) is 1. The lowest BCUT2D eigenvalue weighted by Crippen LogP contribution is -2.08. The van der Waals surface area contributed by atoms with Crippen molar-refractivity contribution in [3.8, 4) is 5.75 Å². The number of aromatic amines is 1. The number of hydrogen-bond donors (Lipinski definition) is 2. The van der Waals surface area contributed by atoms with E-state index in [9.17, 15) is 9.90 Å². The van der Waals surface area contributed by atoms with Gasteiger partial charge in [0.05, 0.1) is 5.56 Å². The number of nitrogens with one attached hydrogen (secondary N) is 1. The zero-order valence-corrected chi connectivity index (χ0v) is 16.6. The molecule has 0 spiro atoms. The first-order valence-electron chi connectivity index (χ1n) is 8.82. The normalized spacial score (nSPS) is 11.9. The number of H-pyrrole nitrogens is 1. The van der Waals surface area contributed by atoms with Crippen LogP contribution in [0.1, 0.15) is 53.0 Å². The summed E-state index contributed by atoms with van der Waals surface area (Å²) in [6.45, 7) is 2.48. The van der Waals surface area contributed by atoms with E-state index in [1.807, 2.05) is 30.3 Å². The lowest BCUT2D eigenvalue weighted by atomic mass is 9.92. The van der Waals surface area contributed by atoms with Crippen LogP contribution in [0.5, 0.6) is 5.75 Å². The van der Waals surface area contributed by atoms with Crippen LogP contribution < -0.4 is 4.74 Å². The first-order valence-corrected chi connectivity index (χ1v) is 9.61. The van der Waals surface area contributed by atoms with Crippen molar-refractivity contribution in [2.75, 3.05) is 0 Å². The Morgan fingerprint density at radius 2 is 2.04 bits per heavy atom. The second kappa shape index (κ2) is 8.86. The third kappa shape index (κ3) is 4.77.